The first-order valence-corrected chi connectivity index (χ1v) is 9.35. The molecule has 0 saturated carbocycles. The molecule has 5 heterocycles. The maximum Gasteiger partial charge on any atom is 0.407 e. The normalized spacial score (nSPS) is 15.6. The van der Waals surface area contributed by atoms with E-state index >= 15 is 0 Å². The van der Waals surface area contributed by atoms with Crippen LogP contribution in [-0.2, 0) is 12.6 Å². The fraction of sp³-hybridized carbons (Fsp3) is 0.316. The Kier molecular flexibility index (Phi) is 3.70. The van der Waals surface area contributed by atoms with Gasteiger partial charge in [0.1, 0.15) is 11.5 Å². The first kappa shape index (κ1) is 17.4. The van der Waals surface area contributed by atoms with Crippen molar-refractivity contribution in [3.63, 3.8) is 0 Å². The van der Waals surface area contributed by atoms with Crippen molar-refractivity contribution < 1.29 is 9.90 Å². The second kappa shape index (κ2) is 6.16. The minimum Gasteiger partial charge on any atom is -0.465 e. The maximum atomic E-state index is 11.2. The number of hydrogen-bond acceptors (Lipinski definition) is 5. The lowest BCUT2D eigenvalue weighted by Gasteiger charge is -2.48. The zero-order chi connectivity index (χ0) is 20.2. The summed E-state index contributed by atoms with van der Waals surface area (Å²) in [5, 5.41) is 18.0. The molecular formula is C19H20N8O2. The minimum absolute atomic E-state index is 0.314. The van der Waals surface area contributed by atoms with Crippen LogP contribution in [0.5, 0.6) is 0 Å². The Morgan fingerprint density at radius 1 is 1.21 bits per heavy atom. The van der Waals surface area contributed by atoms with Crippen molar-refractivity contribution in [3.05, 3.63) is 43.2 Å². The number of amides is 1. The van der Waals surface area contributed by atoms with Crippen molar-refractivity contribution in [1.29, 1.82) is 0 Å². The Hall–Kier alpha value is -3.69. The third kappa shape index (κ3) is 2.67. The van der Waals surface area contributed by atoms with E-state index in [2.05, 4.69) is 22.1 Å². The van der Waals surface area contributed by atoms with Gasteiger partial charge in [0.25, 0.3) is 0 Å². The van der Waals surface area contributed by atoms with E-state index in [0.29, 0.717) is 13.1 Å². The molecule has 0 radical (unpaired) electrons. The first-order valence-electron chi connectivity index (χ1n) is 9.35. The Balaban J connectivity index is 1.57. The molecule has 1 amide bonds. The van der Waals surface area contributed by atoms with Crippen LogP contribution in [0.3, 0.4) is 0 Å². The second-order valence-electron chi connectivity index (χ2n) is 7.41. The summed E-state index contributed by atoms with van der Waals surface area (Å²) in [6.45, 7) is 2.92. The molecule has 10 heteroatoms. The highest BCUT2D eigenvalue weighted by Gasteiger charge is 2.46. The summed E-state index contributed by atoms with van der Waals surface area (Å²) in [7, 11) is 1.87. The second-order valence-corrected chi connectivity index (χ2v) is 7.41. The Morgan fingerprint density at radius 3 is 2.69 bits per heavy atom. The van der Waals surface area contributed by atoms with E-state index in [1.54, 1.807) is 23.3 Å². The van der Waals surface area contributed by atoms with Crippen LogP contribution in [0.25, 0.3) is 28.3 Å². The summed E-state index contributed by atoms with van der Waals surface area (Å²) in [4.78, 5) is 21.9. The van der Waals surface area contributed by atoms with E-state index in [9.17, 15) is 9.90 Å². The smallest absolute Gasteiger partial charge is 0.407 e. The van der Waals surface area contributed by atoms with E-state index < -0.39 is 6.09 Å². The number of aromatic nitrogens is 7. The number of likely N-dealkylation sites (tertiary alicyclic amines) is 1. The van der Waals surface area contributed by atoms with Crippen molar-refractivity contribution in [2.75, 3.05) is 13.1 Å². The number of hydrogen-bond donors (Lipinski definition) is 1. The SMILES string of the molecule is CCC1(n2cc(-c3nc(-c4cnn(C)c4)cc4nccn34)cn2)CN(C(=O)O)C1. The summed E-state index contributed by atoms with van der Waals surface area (Å²) in [6, 6.07) is 1.93. The number of fused-ring (bicyclic) bond motifs is 1. The summed E-state index contributed by atoms with van der Waals surface area (Å²) in [5.41, 5.74) is 3.01. The number of nitrogens with zero attached hydrogens (tertiary/aromatic N) is 8. The number of carboxylic acid groups (broad SMARTS) is 1. The lowest BCUT2D eigenvalue weighted by molar-refractivity contribution is 0.00841. The fourth-order valence-electron chi connectivity index (χ4n) is 3.86. The summed E-state index contributed by atoms with van der Waals surface area (Å²) in [5.74, 6) is 0.728. The number of rotatable bonds is 4. The molecule has 0 unspecified atom stereocenters. The molecule has 0 aliphatic carbocycles. The van der Waals surface area contributed by atoms with Gasteiger partial charge in [-0.1, -0.05) is 6.92 Å². The van der Waals surface area contributed by atoms with Gasteiger partial charge in [-0.3, -0.25) is 13.8 Å². The Labute approximate surface area is 166 Å². The monoisotopic (exact) mass is 392 g/mol. The molecule has 0 spiro atoms. The van der Waals surface area contributed by atoms with E-state index in [1.165, 1.54) is 4.90 Å². The minimum atomic E-state index is -0.896. The molecule has 4 aromatic rings. The molecule has 0 atom stereocenters. The molecule has 10 nitrogen and oxygen atoms in total. The zero-order valence-electron chi connectivity index (χ0n) is 16.1. The van der Waals surface area contributed by atoms with E-state index in [1.807, 2.05) is 40.8 Å². The quantitative estimate of drug-likeness (QED) is 0.570. The van der Waals surface area contributed by atoms with Crippen molar-refractivity contribution in [2.45, 2.75) is 18.9 Å². The van der Waals surface area contributed by atoms with Gasteiger partial charge in [-0.25, -0.2) is 14.8 Å². The third-order valence-electron chi connectivity index (χ3n) is 5.62. The highest BCUT2D eigenvalue weighted by molar-refractivity contribution is 5.68. The van der Waals surface area contributed by atoms with Crippen molar-refractivity contribution in [2.24, 2.45) is 7.05 Å². The third-order valence-corrected chi connectivity index (χ3v) is 5.62. The zero-order valence-corrected chi connectivity index (χ0v) is 16.1. The van der Waals surface area contributed by atoms with Gasteiger partial charge in [0.05, 0.1) is 42.3 Å². The van der Waals surface area contributed by atoms with E-state index in [0.717, 1.165) is 34.7 Å². The van der Waals surface area contributed by atoms with Crippen LogP contribution in [0.15, 0.2) is 43.2 Å². The molecule has 1 aliphatic heterocycles. The van der Waals surface area contributed by atoms with Crippen LogP contribution in [0.1, 0.15) is 13.3 Å². The average molecular weight is 392 g/mol. The van der Waals surface area contributed by atoms with Gasteiger partial charge in [0.15, 0.2) is 0 Å². The Bertz CT molecular complexity index is 1210. The first-order chi connectivity index (χ1) is 14.0. The molecule has 148 valence electrons. The van der Waals surface area contributed by atoms with Gasteiger partial charge in [0.2, 0.25) is 0 Å². The van der Waals surface area contributed by atoms with Gasteiger partial charge >= 0.3 is 6.09 Å². The molecule has 0 aromatic carbocycles. The van der Waals surface area contributed by atoms with Crippen LogP contribution in [0.2, 0.25) is 0 Å². The van der Waals surface area contributed by atoms with Crippen LogP contribution in [-0.4, -0.2) is 63.1 Å². The molecule has 1 N–H and O–H groups in total. The van der Waals surface area contributed by atoms with Crippen molar-refractivity contribution >= 4 is 11.7 Å². The van der Waals surface area contributed by atoms with Crippen LogP contribution in [0.4, 0.5) is 4.79 Å². The standard InChI is InChI=1S/C19H20N8O2/c1-3-19(11-25(12-19)18(28)29)27-10-14(8-22-27)17-23-15(13-7-21-24(2)9-13)6-16-20-4-5-26(16)17/h4-10H,3,11-12H2,1-2H3,(H,28,29). The predicted octanol–water partition coefficient (Wildman–Crippen LogP) is 2.09. The molecular weight excluding hydrogens is 372 g/mol. The largest absolute Gasteiger partial charge is 0.465 e. The molecule has 1 saturated heterocycles. The summed E-state index contributed by atoms with van der Waals surface area (Å²) < 4.78 is 5.54. The number of imidazole rings is 1. The van der Waals surface area contributed by atoms with Gasteiger partial charge in [0, 0.05) is 43.5 Å². The molecule has 1 fully saturated rings. The molecule has 4 aromatic heterocycles. The summed E-state index contributed by atoms with van der Waals surface area (Å²) >= 11 is 0. The van der Waals surface area contributed by atoms with Gasteiger partial charge in [-0.05, 0) is 6.42 Å². The molecule has 29 heavy (non-hydrogen) atoms. The van der Waals surface area contributed by atoms with Crippen molar-refractivity contribution in [3.8, 4) is 22.6 Å². The lowest BCUT2D eigenvalue weighted by atomic mass is 9.87. The molecule has 1 aliphatic rings. The molecule has 0 bridgehead atoms. The van der Waals surface area contributed by atoms with Crippen LogP contribution >= 0.6 is 0 Å². The summed E-state index contributed by atoms with van der Waals surface area (Å²) in [6.07, 6.45) is 10.9. The van der Waals surface area contributed by atoms with Gasteiger partial charge < -0.3 is 10.0 Å². The van der Waals surface area contributed by atoms with Gasteiger partial charge in [-0.15, -0.1) is 0 Å². The highest BCUT2D eigenvalue weighted by atomic mass is 16.4. The number of carbonyl (C=O) groups is 1. The Morgan fingerprint density at radius 2 is 2.00 bits per heavy atom. The lowest BCUT2D eigenvalue weighted by Crippen LogP contribution is -2.63. The topological polar surface area (TPSA) is 106 Å². The predicted molar refractivity (Wildman–Crippen MR) is 104 cm³/mol. The highest BCUT2D eigenvalue weighted by Crippen LogP contribution is 2.33. The maximum absolute atomic E-state index is 11.2. The fourth-order valence-corrected chi connectivity index (χ4v) is 3.86. The van der Waals surface area contributed by atoms with Crippen LogP contribution in [0, 0.1) is 0 Å². The number of aryl methyl sites for hydroxylation is 1. The van der Waals surface area contributed by atoms with Gasteiger partial charge in [-0.2, -0.15) is 10.2 Å². The average Bonchev–Trinajstić information content (AvgIpc) is 3.40. The van der Waals surface area contributed by atoms with E-state index in [4.69, 9.17) is 4.98 Å². The van der Waals surface area contributed by atoms with Crippen molar-refractivity contribution in [1.82, 2.24) is 38.8 Å². The molecule has 5 rings (SSSR count). The van der Waals surface area contributed by atoms with Crippen LogP contribution < -0.4 is 0 Å². The van der Waals surface area contributed by atoms with E-state index in [-0.39, 0.29) is 5.54 Å².